The molecule has 0 spiro atoms. The standard InChI is InChI=1S/C18H27N3O2/c1-4-15(21-12-6-9-17(21)22)10-11-19-18(23)14-7-5-8-16(13-14)20(2)3/h5,7-8,13,15H,4,6,9-12H2,1-3H3,(H,19,23)/t15-/m0/s1. The highest BCUT2D eigenvalue weighted by molar-refractivity contribution is 5.95. The van der Waals surface area contributed by atoms with Crippen LogP contribution in [0.4, 0.5) is 5.69 Å². The highest BCUT2D eigenvalue weighted by Gasteiger charge is 2.26. The number of nitrogens with zero attached hydrogens (tertiary/aromatic N) is 2. The Kier molecular flexibility index (Phi) is 6.02. The first kappa shape index (κ1) is 17.3. The van der Waals surface area contributed by atoms with Gasteiger partial charge in [0.15, 0.2) is 0 Å². The molecular formula is C18H27N3O2. The minimum Gasteiger partial charge on any atom is -0.378 e. The summed E-state index contributed by atoms with van der Waals surface area (Å²) in [5, 5.41) is 2.97. The van der Waals surface area contributed by atoms with Crippen LogP contribution < -0.4 is 10.2 Å². The van der Waals surface area contributed by atoms with E-state index in [0.29, 0.717) is 18.5 Å². The summed E-state index contributed by atoms with van der Waals surface area (Å²) in [4.78, 5) is 28.0. The SMILES string of the molecule is CC[C@@H](CCNC(=O)c1cccc(N(C)C)c1)N1CCCC1=O. The first-order valence-corrected chi connectivity index (χ1v) is 8.38. The number of hydrogen-bond donors (Lipinski definition) is 1. The summed E-state index contributed by atoms with van der Waals surface area (Å²) < 4.78 is 0. The minimum atomic E-state index is -0.0590. The van der Waals surface area contributed by atoms with Gasteiger partial charge in [-0.25, -0.2) is 0 Å². The van der Waals surface area contributed by atoms with Crippen LogP contribution in [0, 0.1) is 0 Å². The zero-order valence-corrected chi connectivity index (χ0v) is 14.3. The number of hydrogen-bond acceptors (Lipinski definition) is 3. The molecule has 0 bridgehead atoms. The molecule has 1 aliphatic rings. The third-order valence-corrected chi connectivity index (χ3v) is 4.41. The molecule has 5 heteroatoms. The number of amides is 2. The van der Waals surface area contributed by atoms with E-state index in [1.54, 1.807) is 0 Å². The van der Waals surface area contributed by atoms with Crippen molar-refractivity contribution in [1.29, 1.82) is 0 Å². The van der Waals surface area contributed by atoms with Crippen LogP contribution in [0.3, 0.4) is 0 Å². The zero-order chi connectivity index (χ0) is 16.8. The topological polar surface area (TPSA) is 52.7 Å². The fourth-order valence-corrected chi connectivity index (χ4v) is 3.02. The maximum Gasteiger partial charge on any atom is 0.251 e. The number of carbonyl (C=O) groups excluding carboxylic acids is 2. The molecule has 0 aromatic heterocycles. The average molecular weight is 317 g/mol. The fraction of sp³-hybridized carbons (Fsp3) is 0.556. The van der Waals surface area contributed by atoms with Crippen molar-refractivity contribution in [3.63, 3.8) is 0 Å². The summed E-state index contributed by atoms with van der Waals surface area (Å²) in [6, 6.07) is 7.81. The van der Waals surface area contributed by atoms with E-state index in [-0.39, 0.29) is 17.9 Å². The maximum absolute atomic E-state index is 12.3. The lowest BCUT2D eigenvalue weighted by molar-refractivity contribution is -0.129. The highest BCUT2D eigenvalue weighted by Crippen LogP contribution is 2.18. The number of rotatable bonds is 7. The molecule has 126 valence electrons. The Balaban J connectivity index is 1.86. The summed E-state index contributed by atoms with van der Waals surface area (Å²) in [6.07, 6.45) is 3.36. The average Bonchev–Trinajstić information content (AvgIpc) is 2.97. The van der Waals surface area contributed by atoms with E-state index < -0.39 is 0 Å². The molecule has 1 fully saturated rings. The highest BCUT2D eigenvalue weighted by atomic mass is 16.2. The van der Waals surface area contributed by atoms with E-state index >= 15 is 0 Å². The monoisotopic (exact) mass is 317 g/mol. The van der Waals surface area contributed by atoms with Gasteiger partial charge in [-0.2, -0.15) is 0 Å². The molecule has 1 aromatic rings. The largest absolute Gasteiger partial charge is 0.378 e. The van der Waals surface area contributed by atoms with Gasteiger partial charge in [-0.1, -0.05) is 13.0 Å². The smallest absolute Gasteiger partial charge is 0.251 e. The second kappa shape index (κ2) is 7.99. The van der Waals surface area contributed by atoms with Gasteiger partial charge in [-0.15, -0.1) is 0 Å². The van der Waals surface area contributed by atoms with Crippen molar-refractivity contribution in [2.75, 3.05) is 32.1 Å². The van der Waals surface area contributed by atoms with Gasteiger partial charge in [0, 0.05) is 50.9 Å². The van der Waals surface area contributed by atoms with Crippen molar-refractivity contribution < 1.29 is 9.59 Å². The first-order valence-electron chi connectivity index (χ1n) is 8.38. The Hall–Kier alpha value is -2.04. The van der Waals surface area contributed by atoms with Crippen LogP contribution in [0.5, 0.6) is 0 Å². The molecule has 1 atom stereocenters. The lowest BCUT2D eigenvalue weighted by atomic mass is 10.1. The molecular weight excluding hydrogens is 290 g/mol. The van der Waals surface area contributed by atoms with Gasteiger partial charge in [0.05, 0.1) is 0 Å². The van der Waals surface area contributed by atoms with Gasteiger partial charge < -0.3 is 15.1 Å². The molecule has 5 nitrogen and oxygen atoms in total. The van der Waals surface area contributed by atoms with Gasteiger partial charge in [-0.05, 0) is 37.5 Å². The van der Waals surface area contributed by atoms with Gasteiger partial charge in [0.2, 0.25) is 5.91 Å². The Labute approximate surface area is 138 Å². The molecule has 1 aromatic carbocycles. The summed E-state index contributed by atoms with van der Waals surface area (Å²) in [5.74, 6) is 0.193. The van der Waals surface area contributed by atoms with E-state index in [4.69, 9.17) is 0 Å². The minimum absolute atomic E-state index is 0.0590. The van der Waals surface area contributed by atoms with Crippen molar-refractivity contribution in [3.05, 3.63) is 29.8 Å². The summed E-state index contributed by atoms with van der Waals surface area (Å²) >= 11 is 0. The Morgan fingerprint density at radius 1 is 1.39 bits per heavy atom. The lowest BCUT2D eigenvalue weighted by Gasteiger charge is -2.26. The predicted octanol–water partition coefficient (Wildman–Crippen LogP) is 2.27. The summed E-state index contributed by atoms with van der Waals surface area (Å²) in [6.45, 7) is 3.54. The summed E-state index contributed by atoms with van der Waals surface area (Å²) in [5.41, 5.74) is 1.67. The van der Waals surface area contributed by atoms with Crippen LogP contribution in [0.15, 0.2) is 24.3 Å². The molecule has 0 saturated carbocycles. The summed E-state index contributed by atoms with van der Waals surface area (Å²) in [7, 11) is 3.91. The molecule has 2 rings (SSSR count). The quantitative estimate of drug-likeness (QED) is 0.839. The number of likely N-dealkylation sites (tertiary alicyclic amines) is 1. The number of benzene rings is 1. The Morgan fingerprint density at radius 3 is 2.78 bits per heavy atom. The predicted molar refractivity (Wildman–Crippen MR) is 92.7 cm³/mol. The van der Waals surface area contributed by atoms with Gasteiger partial charge in [0.1, 0.15) is 0 Å². The van der Waals surface area contributed by atoms with Crippen LogP contribution in [-0.4, -0.2) is 49.9 Å². The van der Waals surface area contributed by atoms with E-state index in [0.717, 1.165) is 31.5 Å². The van der Waals surface area contributed by atoms with E-state index in [2.05, 4.69) is 12.2 Å². The molecule has 2 amide bonds. The third-order valence-electron chi connectivity index (χ3n) is 4.41. The van der Waals surface area contributed by atoms with E-state index in [1.807, 2.05) is 48.2 Å². The molecule has 1 heterocycles. The molecule has 23 heavy (non-hydrogen) atoms. The second-order valence-electron chi connectivity index (χ2n) is 6.24. The van der Waals surface area contributed by atoms with Crippen LogP contribution in [-0.2, 0) is 4.79 Å². The molecule has 1 saturated heterocycles. The molecule has 1 N–H and O–H groups in total. The van der Waals surface area contributed by atoms with Crippen molar-refractivity contribution in [2.45, 2.75) is 38.6 Å². The van der Waals surface area contributed by atoms with Crippen LogP contribution >= 0.6 is 0 Å². The van der Waals surface area contributed by atoms with E-state index in [9.17, 15) is 9.59 Å². The Morgan fingerprint density at radius 2 is 2.17 bits per heavy atom. The van der Waals surface area contributed by atoms with Gasteiger partial charge >= 0.3 is 0 Å². The van der Waals surface area contributed by atoms with Crippen molar-refractivity contribution in [2.24, 2.45) is 0 Å². The van der Waals surface area contributed by atoms with Crippen LogP contribution in [0.1, 0.15) is 43.0 Å². The van der Waals surface area contributed by atoms with Gasteiger partial charge in [0.25, 0.3) is 5.91 Å². The molecule has 0 radical (unpaired) electrons. The van der Waals surface area contributed by atoms with Crippen molar-refractivity contribution >= 4 is 17.5 Å². The van der Waals surface area contributed by atoms with Gasteiger partial charge in [-0.3, -0.25) is 9.59 Å². The van der Waals surface area contributed by atoms with Crippen molar-refractivity contribution in [3.8, 4) is 0 Å². The third kappa shape index (κ3) is 4.47. The molecule has 0 unspecified atom stereocenters. The molecule has 1 aliphatic heterocycles. The molecule has 0 aliphatic carbocycles. The number of carbonyl (C=O) groups is 2. The normalized spacial score (nSPS) is 15.6. The van der Waals surface area contributed by atoms with Crippen LogP contribution in [0.2, 0.25) is 0 Å². The number of anilines is 1. The van der Waals surface area contributed by atoms with Crippen LogP contribution in [0.25, 0.3) is 0 Å². The zero-order valence-electron chi connectivity index (χ0n) is 14.3. The second-order valence-corrected chi connectivity index (χ2v) is 6.24. The fourth-order valence-electron chi connectivity index (χ4n) is 3.02. The first-order chi connectivity index (χ1) is 11.0. The lowest BCUT2D eigenvalue weighted by Crippen LogP contribution is -2.38. The number of nitrogens with one attached hydrogen (secondary N) is 1. The van der Waals surface area contributed by atoms with Crippen molar-refractivity contribution in [1.82, 2.24) is 10.2 Å². The Bertz CT molecular complexity index is 557. The maximum atomic E-state index is 12.3. The van der Waals surface area contributed by atoms with E-state index in [1.165, 1.54) is 0 Å².